The second-order valence-corrected chi connectivity index (χ2v) is 7.88. The minimum absolute atomic E-state index is 0.0871. The first-order valence-electron chi connectivity index (χ1n) is 8.03. The number of hydrogen-bond acceptors (Lipinski definition) is 5. The van der Waals surface area contributed by atoms with Gasteiger partial charge in [0.2, 0.25) is 0 Å². The van der Waals surface area contributed by atoms with Crippen LogP contribution < -0.4 is 10.5 Å². The molecule has 0 saturated heterocycles. The Hall–Kier alpha value is -2.09. The van der Waals surface area contributed by atoms with E-state index in [0.717, 1.165) is 5.56 Å². The summed E-state index contributed by atoms with van der Waals surface area (Å²) >= 11 is 5.81. The van der Waals surface area contributed by atoms with Gasteiger partial charge in [-0.05, 0) is 67.8 Å². The fourth-order valence-electron chi connectivity index (χ4n) is 2.34. The number of sulfonamides is 1. The molecule has 0 aliphatic heterocycles. The summed E-state index contributed by atoms with van der Waals surface area (Å²) in [5.74, 6) is -0.514. The van der Waals surface area contributed by atoms with Crippen LogP contribution in [0.15, 0.2) is 47.4 Å². The van der Waals surface area contributed by atoms with Gasteiger partial charge in [-0.15, -0.1) is 0 Å². The molecule has 0 fully saturated rings. The largest absolute Gasteiger partial charge is 0.465 e. The molecule has 0 saturated carbocycles. The highest BCUT2D eigenvalue weighted by Crippen LogP contribution is 2.21. The van der Waals surface area contributed by atoms with Gasteiger partial charge < -0.3 is 10.5 Å². The molecule has 8 heteroatoms. The van der Waals surface area contributed by atoms with E-state index in [1.54, 1.807) is 37.3 Å². The lowest BCUT2D eigenvalue weighted by atomic mass is 10.0. The van der Waals surface area contributed by atoms with Crippen LogP contribution in [0.1, 0.15) is 18.1 Å². The molecule has 0 radical (unpaired) electrons. The van der Waals surface area contributed by atoms with Crippen LogP contribution in [0.25, 0.3) is 0 Å². The lowest BCUT2D eigenvalue weighted by molar-refractivity contribution is -0.144. The Morgan fingerprint density at radius 2 is 1.88 bits per heavy atom. The molecular formula is C18H21ClN2O4S. The van der Waals surface area contributed by atoms with Gasteiger partial charge in [-0.1, -0.05) is 17.7 Å². The monoisotopic (exact) mass is 396 g/mol. The standard InChI is InChI=1S/C18H21ClN2O4S/c1-3-25-18(22)17(20)11-13-10-16(9-4-12(13)2)26(23,24)21-15-7-5-14(19)6-8-15/h4-10,17,21H,3,11,20H2,1-2H3/t17-/m0/s1. The third-order valence-electron chi connectivity index (χ3n) is 3.76. The molecule has 6 nitrogen and oxygen atoms in total. The predicted octanol–water partition coefficient (Wildman–Crippen LogP) is 2.88. The van der Waals surface area contributed by atoms with Crippen molar-refractivity contribution in [3.63, 3.8) is 0 Å². The van der Waals surface area contributed by atoms with Crippen molar-refractivity contribution < 1.29 is 17.9 Å². The molecule has 2 aromatic rings. The fourth-order valence-corrected chi connectivity index (χ4v) is 3.57. The van der Waals surface area contributed by atoms with Gasteiger partial charge in [-0.2, -0.15) is 0 Å². The third-order valence-corrected chi connectivity index (χ3v) is 5.39. The average Bonchev–Trinajstić information content (AvgIpc) is 2.58. The normalized spacial score (nSPS) is 12.5. The second kappa shape index (κ2) is 8.53. The van der Waals surface area contributed by atoms with Crippen LogP contribution in [0.5, 0.6) is 0 Å². The molecule has 0 heterocycles. The number of halogens is 1. The molecule has 0 aliphatic rings. The van der Waals surface area contributed by atoms with Crippen molar-refractivity contribution in [2.24, 2.45) is 5.73 Å². The Bertz CT molecular complexity index is 883. The van der Waals surface area contributed by atoms with E-state index in [4.69, 9.17) is 22.1 Å². The SMILES string of the molecule is CCOC(=O)[C@@H](N)Cc1cc(S(=O)(=O)Nc2ccc(Cl)cc2)ccc1C. The maximum atomic E-state index is 12.6. The zero-order valence-electron chi connectivity index (χ0n) is 14.5. The van der Waals surface area contributed by atoms with Crippen molar-refractivity contribution in [2.75, 3.05) is 11.3 Å². The maximum absolute atomic E-state index is 12.6. The highest BCUT2D eigenvalue weighted by molar-refractivity contribution is 7.92. The molecule has 0 aliphatic carbocycles. The quantitative estimate of drug-likeness (QED) is 0.701. The van der Waals surface area contributed by atoms with Crippen molar-refractivity contribution in [3.8, 4) is 0 Å². The summed E-state index contributed by atoms with van der Waals surface area (Å²) in [6, 6.07) is 10.2. The van der Waals surface area contributed by atoms with Crippen molar-refractivity contribution in [2.45, 2.75) is 31.2 Å². The highest BCUT2D eigenvalue weighted by Gasteiger charge is 2.19. The van der Waals surface area contributed by atoms with E-state index < -0.39 is 22.0 Å². The number of benzene rings is 2. The molecule has 0 amide bonds. The van der Waals surface area contributed by atoms with Gasteiger partial charge in [0.05, 0.1) is 11.5 Å². The molecule has 0 spiro atoms. The molecule has 0 bridgehead atoms. The van der Waals surface area contributed by atoms with E-state index in [-0.39, 0.29) is 17.9 Å². The number of nitrogens with two attached hydrogens (primary N) is 1. The van der Waals surface area contributed by atoms with E-state index in [2.05, 4.69) is 4.72 Å². The van der Waals surface area contributed by atoms with Crippen molar-refractivity contribution in [1.29, 1.82) is 0 Å². The van der Waals surface area contributed by atoms with Crippen LogP contribution in [0.3, 0.4) is 0 Å². The predicted molar refractivity (Wildman–Crippen MR) is 102 cm³/mol. The van der Waals surface area contributed by atoms with Gasteiger partial charge in [-0.3, -0.25) is 9.52 Å². The van der Waals surface area contributed by atoms with Gasteiger partial charge in [0.1, 0.15) is 6.04 Å². The topological polar surface area (TPSA) is 98.5 Å². The number of nitrogens with one attached hydrogen (secondary N) is 1. The number of aryl methyl sites for hydroxylation is 1. The Balaban J connectivity index is 2.24. The van der Waals surface area contributed by atoms with E-state index in [9.17, 15) is 13.2 Å². The van der Waals surface area contributed by atoms with Crippen molar-refractivity contribution >= 4 is 33.3 Å². The van der Waals surface area contributed by atoms with E-state index >= 15 is 0 Å². The first kappa shape index (κ1) is 20.2. The minimum atomic E-state index is -3.78. The number of anilines is 1. The number of esters is 1. The van der Waals surface area contributed by atoms with Crippen LogP contribution in [-0.4, -0.2) is 27.0 Å². The summed E-state index contributed by atoms with van der Waals surface area (Å²) in [7, 11) is -3.78. The van der Waals surface area contributed by atoms with E-state index in [1.807, 2.05) is 6.92 Å². The molecule has 0 aromatic heterocycles. The van der Waals surface area contributed by atoms with Crippen LogP contribution >= 0.6 is 11.6 Å². The Morgan fingerprint density at radius 3 is 2.50 bits per heavy atom. The van der Waals surface area contributed by atoms with Crippen molar-refractivity contribution in [3.05, 3.63) is 58.6 Å². The second-order valence-electron chi connectivity index (χ2n) is 5.76. The molecule has 140 valence electrons. The molecule has 2 aromatic carbocycles. The zero-order chi connectivity index (χ0) is 19.3. The smallest absolute Gasteiger partial charge is 0.323 e. The van der Waals surface area contributed by atoms with Crippen LogP contribution in [-0.2, 0) is 26.0 Å². The first-order valence-corrected chi connectivity index (χ1v) is 9.89. The molecule has 2 rings (SSSR count). The van der Waals surface area contributed by atoms with Gasteiger partial charge >= 0.3 is 5.97 Å². The molecule has 26 heavy (non-hydrogen) atoms. The number of carbonyl (C=O) groups excluding carboxylic acids is 1. The Labute approximate surface area is 158 Å². The van der Waals surface area contributed by atoms with Gasteiger partial charge in [0.15, 0.2) is 0 Å². The van der Waals surface area contributed by atoms with Gasteiger partial charge in [-0.25, -0.2) is 8.42 Å². The maximum Gasteiger partial charge on any atom is 0.323 e. The Kier molecular flexibility index (Phi) is 6.63. The lowest BCUT2D eigenvalue weighted by Crippen LogP contribution is -2.34. The van der Waals surface area contributed by atoms with E-state index in [0.29, 0.717) is 16.3 Å². The Morgan fingerprint density at radius 1 is 1.23 bits per heavy atom. The van der Waals surface area contributed by atoms with Gasteiger partial charge in [0.25, 0.3) is 10.0 Å². The van der Waals surface area contributed by atoms with E-state index in [1.165, 1.54) is 12.1 Å². The fraction of sp³-hybridized carbons (Fsp3) is 0.278. The molecule has 3 N–H and O–H groups in total. The molecule has 0 unspecified atom stereocenters. The van der Waals surface area contributed by atoms with Crippen LogP contribution in [0.4, 0.5) is 5.69 Å². The summed E-state index contributed by atoms with van der Waals surface area (Å²) in [6.45, 7) is 3.77. The third kappa shape index (κ3) is 5.20. The number of carbonyl (C=O) groups is 1. The summed E-state index contributed by atoms with van der Waals surface area (Å²) in [5.41, 5.74) is 7.77. The highest BCUT2D eigenvalue weighted by atomic mass is 35.5. The molecular weight excluding hydrogens is 376 g/mol. The summed E-state index contributed by atoms with van der Waals surface area (Å²) in [5, 5.41) is 0.513. The lowest BCUT2D eigenvalue weighted by Gasteiger charge is -2.14. The van der Waals surface area contributed by atoms with Gasteiger partial charge in [0, 0.05) is 10.7 Å². The molecule has 1 atom stereocenters. The van der Waals surface area contributed by atoms with Crippen LogP contribution in [0.2, 0.25) is 5.02 Å². The minimum Gasteiger partial charge on any atom is -0.465 e. The summed E-state index contributed by atoms with van der Waals surface area (Å²) < 4.78 is 32.6. The average molecular weight is 397 g/mol. The first-order chi connectivity index (χ1) is 12.2. The number of hydrogen-bond donors (Lipinski definition) is 2. The summed E-state index contributed by atoms with van der Waals surface area (Å²) in [4.78, 5) is 11.8. The number of ether oxygens (including phenoxy) is 1. The summed E-state index contributed by atoms with van der Waals surface area (Å²) in [6.07, 6.45) is 0.189. The number of rotatable bonds is 7. The zero-order valence-corrected chi connectivity index (χ0v) is 16.1. The van der Waals surface area contributed by atoms with Crippen LogP contribution in [0, 0.1) is 6.92 Å². The van der Waals surface area contributed by atoms with Crippen molar-refractivity contribution in [1.82, 2.24) is 0 Å².